The summed E-state index contributed by atoms with van der Waals surface area (Å²) >= 11 is 0. The summed E-state index contributed by atoms with van der Waals surface area (Å²) in [5, 5.41) is 3.27. The van der Waals surface area contributed by atoms with Crippen molar-refractivity contribution in [2.24, 2.45) is 4.99 Å². The Morgan fingerprint density at radius 3 is 2.18 bits per heavy atom. The molecule has 0 bridgehead atoms. The number of para-hydroxylation sites is 1. The van der Waals surface area contributed by atoms with Crippen molar-refractivity contribution in [3.8, 4) is 22.9 Å². The topological polar surface area (TPSA) is 68.6 Å². The van der Waals surface area contributed by atoms with E-state index < -0.39 is 0 Å². The third-order valence-corrected chi connectivity index (χ3v) is 5.27. The molecule has 0 saturated heterocycles. The lowest BCUT2D eigenvalue weighted by Crippen LogP contribution is -2.19. The molecule has 4 rings (SSSR count). The van der Waals surface area contributed by atoms with E-state index in [4.69, 9.17) is 14.5 Å². The minimum absolute atomic E-state index is 0.117. The fourth-order valence-corrected chi connectivity index (χ4v) is 3.66. The van der Waals surface area contributed by atoms with E-state index in [1.54, 1.807) is 11.8 Å². The molecule has 33 heavy (non-hydrogen) atoms. The lowest BCUT2D eigenvalue weighted by atomic mass is 10.1. The first-order valence-corrected chi connectivity index (χ1v) is 11.0. The number of H-pyrrole nitrogens is 1. The number of hydrogen-bond donors (Lipinski definition) is 1. The summed E-state index contributed by atoms with van der Waals surface area (Å²) in [6, 6.07) is 24.5. The van der Waals surface area contributed by atoms with E-state index in [-0.39, 0.29) is 5.56 Å². The van der Waals surface area contributed by atoms with Crippen molar-refractivity contribution in [1.29, 1.82) is 0 Å². The molecule has 0 spiro atoms. The van der Waals surface area contributed by atoms with Gasteiger partial charge in [0.25, 0.3) is 5.56 Å². The maximum atomic E-state index is 13.3. The largest absolute Gasteiger partial charge is 0.497 e. The van der Waals surface area contributed by atoms with E-state index in [1.165, 1.54) is 0 Å². The summed E-state index contributed by atoms with van der Waals surface area (Å²) in [4.78, 5) is 18.0. The average molecular weight is 442 g/mol. The normalized spacial score (nSPS) is 11.4. The first kappa shape index (κ1) is 22.1. The molecule has 0 amide bonds. The third kappa shape index (κ3) is 5.06. The highest BCUT2D eigenvalue weighted by Crippen LogP contribution is 2.24. The number of methoxy groups -OCH3 is 1. The minimum Gasteiger partial charge on any atom is -0.497 e. The van der Waals surface area contributed by atoms with Gasteiger partial charge in [-0.3, -0.25) is 14.9 Å². The summed E-state index contributed by atoms with van der Waals surface area (Å²) in [6.45, 7) is 3.96. The van der Waals surface area contributed by atoms with Gasteiger partial charge in [-0.05, 0) is 74.0 Å². The van der Waals surface area contributed by atoms with Crippen LogP contribution in [0, 0.1) is 0 Å². The molecule has 6 nitrogen and oxygen atoms in total. The molecule has 1 heterocycles. The number of aromatic nitrogens is 2. The first-order valence-electron chi connectivity index (χ1n) is 11.0. The number of ether oxygens (including phenoxy) is 2. The zero-order valence-corrected chi connectivity index (χ0v) is 19.0. The van der Waals surface area contributed by atoms with Crippen LogP contribution in [0.5, 0.6) is 17.2 Å². The zero-order valence-electron chi connectivity index (χ0n) is 19.0. The van der Waals surface area contributed by atoms with Crippen LogP contribution in [0.1, 0.15) is 31.5 Å². The summed E-state index contributed by atoms with van der Waals surface area (Å²) in [5.74, 6) is 2.25. The van der Waals surface area contributed by atoms with Gasteiger partial charge >= 0.3 is 0 Å². The molecule has 0 unspecified atom stereocenters. The zero-order chi connectivity index (χ0) is 23.2. The van der Waals surface area contributed by atoms with Crippen LogP contribution in [0.3, 0.4) is 0 Å². The fraction of sp³-hybridized carbons (Fsp3) is 0.185. The second-order valence-electron chi connectivity index (χ2n) is 7.66. The van der Waals surface area contributed by atoms with Gasteiger partial charge in [0.1, 0.15) is 17.2 Å². The Morgan fingerprint density at radius 1 is 0.909 bits per heavy atom. The monoisotopic (exact) mass is 441 g/mol. The number of aromatic amines is 1. The number of rotatable bonds is 8. The highest BCUT2D eigenvalue weighted by atomic mass is 16.5. The lowest BCUT2D eigenvalue weighted by Gasteiger charge is -2.06. The molecule has 6 heteroatoms. The highest BCUT2D eigenvalue weighted by molar-refractivity contribution is 6.01. The van der Waals surface area contributed by atoms with Gasteiger partial charge in [0, 0.05) is 5.69 Å². The Bertz CT molecular complexity index is 1290. The molecular formula is C27H27N3O3. The van der Waals surface area contributed by atoms with Gasteiger partial charge in [0.05, 0.1) is 29.8 Å². The van der Waals surface area contributed by atoms with Crippen molar-refractivity contribution >= 4 is 11.4 Å². The summed E-state index contributed by atoms with van der Waals surface area (Å²) in [5.41, 5.74) is 3.55. The SMILES string of the molecule is CCCc1[nH]n(-c2ccc(OC)cc2)c(=O)c1C(C)=Nc1ccc(Oc2ccccc2)cc1. The Kier molecular flexibility index (Phi) is 6.74. The Hall–Kier alpha value is -4.06. The van der Waals surface area contributed by atoms with Gasteiger partial charge in [0.15, 0.2) is 0 Å². The van der Waals surface area contributed by atoms with Crippen LogP contribution in [0.2, 0.25) is 0 Å². The number of benzene rings is 3. The van der Waals surface area contributed by atoms with Crippen LogP contribution in [0.4, 0.5) is 5.69 Å². The van der Waals surface area contributed by atoms with Gasteiger partial charge in [-0.1, -0.05) is 31.5 Å². The second-order valence-corrected chi connectivity index (χ2v) is 7.66. The van der Waals surface area contributed by atoms with E-state index in [9.17, 15) is 4.79 Å². The maximum absolute atomic E-state index is 13.3. The molecule has 0 aliphatic rings. The van der Waals surface area contributed by atoms with Crippen LogP contribution in [0.25, 0.3) is 5.69 Å². The highest BCUT2D eigenvalue weighted by Gasteiger charge is 2.17. The molecule has 1 N–H and O–H groups in total. The van der Waals surface area contributed by atoms with Gasteiger partial charge in [-0.25, -0.2) is 4.68 Å². The van der Waals surface area contributed by atoms with Crippen molar-refractivity contribution in [2.45, 2.75) is 26.7 Å². The van der Waals surface area contributed by atoms with E-state index in [1.807, 2.05) is 85.8 Å². The number of hydrogen-bond acceptors (Lipinski definition) is 4. The van der Waals surface area contributed by atoms with Gasteiger partial charge in [-0.15, -0.1) is 0 Å². The summed E-state index contributed by atoms with van der Waals surface area (Å²) < 4.78 is 12.6. The van der Waals surface area contributed by atoms with Crippen molar-refractivity contribution in [3.05, 3.63) is 100 Å². The molecule has 0 fully saturated rings. The Balaban J connectivity index is 1.63. The first-order chi connectivity index (χ1) is 16.1. The molecule has 0 aliphatic carbocycles. The quantitative estimate of drug-likeness (QED) is 0.338. The van der Waals surface area contributed by atoms with E-state index in [2.05, 4.69) is 12.0 Å². The van der Waals surface area contributed by atoms with Gasteiger partial charge < -0.3 is 9.47 Å². The molecule has 3 aromatic carbocycles. The van der Waals surface area contributed by atoms with E-state index >= 15 is 0 Å². The Labute approximate surface area is 193 Å². The van der Waals surface area contributed by atoms with E-state index in [0.29, 0.717) is 11.3 Å². The smallest absolute Gasteiger partial charge is 0.280 e. The third-order valence-electron chi connectivity index (χ3n) is 5.27. The van der Waals surface area contributed by atoms with Crippen molar-refractivity contribution in [1.82, 2.24) is 9.78 Å². The summed E-state index contributed by atoms with van der Waals surface area (Å²) in [7, 11) is 1.62. The summed E-state index contributed by atoms with van der Waals surface area (Å²) in [6.07, 6.45) is 1.67. The second kappa shape index (κ2) is 10.0. The number of aliphatic imine (C=N–C) groups is 1. The average Bonchev–Trinajstić information content (AvgIpc) is 3.17. The van der Waals surface area contributed by atoms with Gasteiger partial charge in [0.2, 0.25) is 0 Å². The predicted molar refractivity (Wildman–Crippen MR) is 132 cm³/mol. The lowest BCUT2D eigenvalue weighted by molar-refractivity contribution is 0.414. The van der Waals surface area contributed by atoms with Crippen LogP contribution in [-0.4, -0.2) is 22.6 Å². The number of nitrogens with zero attached hydrogens (tertiary/aromatic N) is 2. The molecule has 4 aromatic rings. The predicted octanol–water partition coefficient (Wildman–Crippen LogP) is 6.06. The molecule has 0 aliphatic heterocycles. The number of aryl methyl sites for hydroxylation is 1. The molecule has 0 radical (unpaired) electrons. The van der Waals surface area contributed by atoms with Crippen LogP contribution < -0.4 is 15.0 Å². The molecule has 1 aromatic heterocycles. The van der Waals surface area contributed by atoms with Crippen molar-refractivity contribution in [3.63, 3.8) is 0 Å². The number of nitrogens with one attached hydrogen (secondary N) is 1. The van der Waals surface area contributed by atoms with Crippen LogP contribution in [0.15, 0.2) is 88.6 Å². The fourth-order valence-electron chi connectivity index (χ4n) is 3.66. The minimum atomic E-state index is -0.117. The molecule has 168 valence electrons. The molecule has 0 atom stereocenters. The standard InChI is InChI=1S/C27H27N3O3/c1-4-8-25-26(27(31)30(29-25)21-13-17-22(32-3)18-14-21)19(2)28-20-11-15-24(16-12-20)33-23-9-6-5-7-10-23/h5-7,9-18,29H,4,8H2,1-3H3. The van der Waals surface area contributed by atoms with Crippen LogP contribution in [-0.2, 0) is 6.42 Å². The van der Waals surface area contributed by atoms with E-state index in [0.717, 1.165) is 47.2 Å². The van der Waals surface area contributed by atoms with Gasteiger partial charge in [-0.2, -0.15) is 0 Å². The maximum Gasteiger partial charge on any atom is 0.280 e. The van der Waals surface area contributed by atoms with Crippen molar-refractivity contribution < 1.29 is 9.47 Å². The van der Waals surface area contributed by atoms with Crippen molar-refractivity contribution in [2.75, 3.05) is 7.11 Å². The molecule has 0 saturated carbocycles. The molecular weight excluding hydrogens is 414 g/mol. The van der Waals surface area contributed by atoms with Crippen LogP contribution >= 0.6 is 0 Å². The Morgan fingerprint density at radius 2 is 1.55 bits per heavy atom.